The lowest BCUT2D eigenvalue weighted by Crippen LogP contribution is -2.42. The average molecular weight is 370 g/mol. The number of methoxy groups -OCH3 is 1. The average Bonchev–Trinajstić information content (AvgIpc) is 2.35. The van der Waals surface area contributed by atoms with Gasteiger partial charge in [-0.05, 0) is 34.1 Å². The minimum atomic E-state index is -4.70. The molecule has 0 bridgehead atoms. The summed E-state index contributed by atoms with van der Waals surface area (Å²) in [5.41, 5.74) is -0.111. The molecule has 5 nitrogen and oxygen atoms in total. The molecule has 0 unspecified atom stereocenters. The van der Waals surface area contributed by atoms with Crippen LogP contribution in [0.15, 0.2) is 22.7 Å². The number of hydrogen-bond donors (Lipinski definition) is 1. The monoisotopic (exact) mass is 369 g/mol. The Bertz CT molecular complexity index is 548. The largest absolute Gasteiger partial charge is 0.497 e. The Morgan fingerprint density at radius 3 is 2.48 bits per heavy atom. The lowest BCUT2D eigenvalue weighted by molar-refractivity contribution is -0.149. The van der Waals surface area contributed by atoms with Gasteiger partial charge in [0.1, 0.15) is 18.8 Å². The molecular weight excluding hydrogens is 359 g/mol. The third-order valence-electron chi connectivity index (χ3n) is 2.39. The number of carbonyl (C=O) groups excluding carboxylic acids is 1. The summed E-state index contributed by atoms with van der Waals surface area (Å²) in [6.07, 6.45) is -4.70. The van der Waals surface area contributed by atoms with Gasteiger partial charge in [0.05, 0.1) is 12.7 Å². The number of rotatable bonds is 5. The van der Waals surface area contributed by atoms with Gasteiger partial charge in [-0.15, -0.1) is 0 Å². The molecule has 0 radical (unpaired) electrons. The molecule has 116 valence electrons. The van der Waals surface area contributed by atoms with E-state index in [1.165, 1.54) is 25.3 Å². The van der Waals surface area contributed by atoms with Crippen LogP contribution < -0.4 is 4.74 Å². The van der Waals surface area contributed by atoms with Gasteiger partial charge in [-0.3, -0.25) is 9.59 Å². The first-order valence-electron chi connectivity index (χ1n) is 5.55. The number of ether oxygens (including phenoxy) is 1. The van der Waals surface area contributed by atoms with Crippen molar-refractivity contribution < 1.29 is 32.6 Å². The SMILES string of the molecule is COc1ccc(Br)c(C(=O)N(CC(=O)O)CC(F)(F)F)c1. The number of halogens is 4. The van der Waals surface area contributed by atoms with Gasteiger partial charge in [-0.1, -0.05) is 0 Å². The second-order valence-corrected chi connectivity index (χ2v) is 4.87. The summed E-state index contributed by atoms with van der Waals surface area (Å²) < 4.78 is 42.5. The van der Waals surface area contributed by atoms with Crippen LogP contribution >= 0.6 is 15.9 Å². The molecule has 0 aliphatic heterocycles. The van der Waals surface area contributed by atoms with Crippen molar-refractivity contribution in [3.8, 4) is 5.75 Å². The molecular formula is C12H11BrF3NO4. The first-order chi connectivity index (χ1) is 9.64. The summed E-state index contributed by atoms with van der Waals surface area (Å²) >= 11 is 3.04. The fourth-order valence-corrected chi connectivity index (χ4v) is 1.96. The highest BCUT2D eigenvalue weighted by atomic mass is 79.9. The van der Waals surface area contributed by atoms with Gasteiger partial charge in [0.2, 0.25) is 0 Å². The van der Waals surface area contributed by atoms with Gasteiger partial charge in [-0.25, -0.2) is 0 Å². The van der Waals surface area contributed by atoms with E-state index in [4.69, 9.17) is 9.84 Å². The Balaban J connectivity index is 3.12. The molecule has 1 aromatic carbocycles. The van der Waals surface area contributed by atoms with Crippen molar-refractivity contribution >= 4 is 27.8 Å². The zero-order valence-corrected chi connectivity index (χ0v) is 12.4. The van der Waals surface area contributed by atoms with Crippen LogP contribution in [0.3, 0.4) is 0 Å². The third kappa shape index (κ3) is 5.25. The normalized spacial score (nSPS) is 11.1. The van der Waals surface area contributed by atoms with Crippen molar-refractivity contribution in [1.29, 1.82) is 0 Å². The number of nitrogens with zero attached hydrogens (tertiary/aromatic N) is 1. The molecule has 0 fully saturated rings. The highest BCUT2D eigenvalue weighted by molar-refractivity contribution is 9.10. The summed E-state index contributed by atoms with van der Waals surface area (Å²) in [5.74, 6) is -2.32. The molecule has 0 saturated heterocycles. The molecule has 1 rings (SSSR count). The Labute approximate surface area is 126 Å². The number of benzene rings is 1. The molecule has 9 heteroatoms. The molecule has 0 aliphatic rings. The number of aliphatic carboxylic acids is 1. The zero-order chi connectivity index (χ0) is 16.2. The molecule has 1 aromatic rings. The number of carbonyl (C=O) groups is 2. The van der Waals surface area contributed by atoms with Crippen LogP contribution in [0.2, 0.25) is 0 Å². The highest BCUT2D eigenvalue weighted by Crippen LogP contribution is 2.25. The highest BCUT2D eigenvalue weighted by Gasteiger charge is 2.34. The summed E-state index contributed by atoms with van der Waals surface area (Å²) in [6, 6.07) is 4.17. The fourth-order valence-electron chi connectivity index (χ4n) is 1.54. The first kappa shape index (κ1) is 17.3. The molecule has 1 N–H and O–H groups in total. The number of carboxylic acid groups (broad SMARTS) is 1. The summed E-state index contributed by atoms with van der Waals surface area (Å²) in [6.45, 7) is -2.70. The lowest BCUT2D eigenvalue weighted by atomic mass is 10.2. The Morgan fingerprint density at radius 1 is 1.38 bits per heavy atom. The van der Waals surface area contributed by atoms with Crippen molar-refractivity contribution in [1.82, 2.24) is 4.90 Å². The number of amides is 1. The van der Waals surface area contributed by atoms with Crippen LogP contribution in [0, 0.1) is 0 Å². The number of alkyl halides is 3. The van der Waals surface area contributed by atoms with E-state index >= 15 is 0 Å². The van der Waals surface area contributed by atoms with E-state index < -0.39 is 31.1 Å². The van der Waals surface area contributed by atoms with E-state index in [0.29, 0.717) is 0 Å². The molecule has 21 heavy (non-hydrogen) atoms. The van der Waals surface area contributed by atoms with Crippen LogP contribution in [0.5, 0.6) is 5.75 Å². The van der Waals surface area contributed by atoms with Crippen LogP contribution in [-0.4, -0.2) is 48.3 Å². The standard InChI is InChI=1S/C12H11BrF3NO4/c1-21-7-2-3-9(13)8(4-7)11(20)17(5-10(18)19)6-12(14,15)16/h2-4H,5-6H2,1H3,(H,18,19). The van der Waals surface area contributed by atoms with E-state index in [1.54, 1.807) is 0 Å². The van der Waals surface area contributed by atoms with Gasteiger partial charge in [0.15, 0.2) is 0 Å². The van der Waals surface area contributed by atoms with E-state index in [1.807, 2.05) is 0 Å². The van der Waals surface area contributed by atoms with Crippen molar-refractivity contribution in [2.75, 3.05) is 20.2 Å². The lowest BCUT2D eigenvalue weighted by Gasteiger charge is -2.22. The van der Waals surface area contributed by atoms with Gasteiger partial charge < -0.3 is 14.7 Å². The number of hydrogen-bond acceptors (Lipinski definition) is 3. The maximum atomic E-state index is 12.5. The van der Waals surface area contributed by atoms with Gasteiger partial charge in [-0.2, -0.15) is 13.2 Å². The van der Waals surface area contributed by atoms with E-state index in [2.05, 4.69) is 15.9 Å². The third-order valence-corrected chi connectivity index (χ3v) is 3.08. The smallest absolute Gasteiger partial charge is 0.406 e. The molecule has 0 spiro atoms. The predicted octanol–water partition coefficient (Wildman–Crippen LogP) is 2.55. The van der Waals surface area contributed by atoms with Crippen molar-refractivity contribution in [2.24, 2.45) is 0 Å². The van der Waals surface area contributed by atoms with E-state index in [0.717, 1.165) is 0 Å². The second-order valence-electron chi connectivity index (χ2n) is 4.02. The van der Waals surface area contributed by atoms with E-state index in [9.17, 15) is 22.8 Å². The Kier molecular flexibility index (Phi) is 5.59. The quantitative estimate of drug-likeness (QED) is 0.865. The van der Waals surface area contributed by atoms with Crippen molar-refractivity contribution in [2.45, 2.75) is 6.18 Å². The molecule has 0 aromatic heterocycles. The molecule has 1 amide bonds. The van der Waals surface area contributed by atoms with Crippen LogP contribution in [0.1, 0.15) is 10.4 Å². The maximum Gasteiger partial charge on any atom is 0.406 e. The Hall–Kier alpha value is -1.77. The maximum absolute atomic E-state index is 12.5. The van der Waals surface area contributed by atoms with Crippen molar-refractivity contribution in [3.05, 3.63) is 28.2 Å². The minimum absolute atomic E-state index is 0.111. The number of carboxylic acids is 1. The van der Waals surface area contributed by atoms with Crippen LogP contribution in [0.4, 0.5) is 13.2 Å². The van der Waals surface area contributed by atoms with Gasteiger partial charge >= 0.3 is 12.1 Å². The van der Waals surface area contributed by atoms with Crippen LogP contribution in [-0.2, 0) is 4.79 Å². The summed E-state index contributed by atoms with van der Waals surface area (Å²) in [4.78, 5) is 23.0. The van der Waals surface area contributed by atoms with Gasteiger partial charge in [0.25, 0.3) is 5.91 Å². The summed E-state index contributed by atoms with van der Waals surface area (Å²) in [7, 11) is 1.34. The molecule has 0 atom stereocenters. The second kappa shape index (κ2) is 6.79. The van der Waals surface area contributed by atoms with Crippen molar-refractivity contribution in [3.63, 3.8) is 0 Å². The minimum Gasteiger partial charge on any atom is -0.497 e. The topological polar surface area (TPSA) is 66.8 Å². The predicted molar refractivity (Wildman–Crippen MR) is 70.3 cm³/mol. The molecule has 0 heterocycles. The van der Waals surface area contributed by atoms with Gasteiger partial charge in [0, 0.05) is 4.47 Å². The van der Waals surface area contributed by atoms with Crippen LogP contribution in [0.25, 0.3) is 0 Å². The molecule has 0 aliphatic carbocycles. The van der Waals surface area contributed by atoms with E-state index in [-0.39, 0.29) is 20.7 Å². The Morgan fingerprint density at radius 2 is 2.00 bits per heavy atom. The first-order valence-corrected chi connectivity index (χ1v) is 6.34. The molecule has 0 saturated carbocycles. The zero-order valence-electron chi connectivity index (χ0n) is 10.8. The summed E-state index contributed by atoms with van der Waals surface area (Å²) in [5, 5.41) is 8.65. The fraction of sp³-hybridized carbons (Fsp3) is 0.333.